The number of ether oxygens (including phenoxy) is 1. The van der Waals surface area contributed by atoms with Crippen LogP contribution in [0.25, 0.3) is 0 Å². The summed E-state index contributed by atoms with van der Waals surface area (Å²) in [4.78, 5) is 13.6. The Labute approximate surface area is 128 Å². The molecule has 0 aliphatic heterocycles. The minimum atomic E-state index is -0.294. The van der Waals surface area contributed by atoms with Crippen LogP contribution in [0.2, 0.25) is 0 Å². The second-order valence-electron chi connectivity index (χ2n) is 4.90. The molecule has 0 aliphatic rings. The Morgan fingerprint density at radius 3 is 2.77 bits per heavy atom. The topological polar surface area (TPSA) is 54.7 Å². The fraction of sp³-hybridized carbons (Fsp3) is 0.312. The van der Waals surface area contributed by atoms with Crippen LogP contribution in [-0.2, 0) is 11.3 Å². The molecule has 0 saturated carbocycles. The van der Waals surface area contributed by atoms with Crippen molar-refractivity contribution in [3.8, 4) is 5.75 Å². The highest BCUT2D eigenvalue weighted by Gasteiger charge is 2.07. The average molecular weight is 306 g/mol. The molecule has 1 N–H and O–H groups in total. The molecule has 0 atom stereocenters. The van der Waals surface area contributed by atoms with Crippen molar-refractivity contribution in [1.82, 2.24) is 10.2 Å². The third kappa shape index (κ3) is 5.57. The van der Waals surface area contributed by atoms with Gasteiger partial charge in [0.2, 0.25) is 5.91 Å². The van der Waals surface area contributed by atoms with Gasteiger partial charge in [-0.2, -0.15) is 0 Å². The van der Waals surface area contributed by atoms with Crippen LogP contribution in [0.15, 0.2) is 47.1 Å². The molecular formula is C16H19FN2O3. The predicted octanol–water partition coefficient (Wildman–Crippen LogP) is 2.05. The lowest BCUT2D eigenvalue weighted by Gasteiger charge is -2.16. The molecule has 1 aromatic carbocycles. The van der Waals surface area contributed by atoms with Gasteiger partial charge in [0.05, 0.1) is 19.4 Å². The number of amides is 1. The number of furan rings is 1. The second-order valence-corrected chi connectivity index (χ2v) is 4.90. The summed E-state index contributed by atoms with van der Waals surface area (Å²) in [5.74, 6) is 0.950. The summed E-state index contributed by atoms with van der Waals surface area (Å²) in [5, 5.41) is 2.77. The zero-order chi connectivity index (χ0) is 15.8. The second kappa shape index (κ2) is 8.19. The fourth-order valence-electron chi connectivity index (χ4n) is 1.83. The van der Waals surface area contributed by atoms with E-state index in [1.807, 2.05) is 11.9 Å². The number of hydrogen-bond donors (Lipinski definition) is 1. The largest absolute Gasteiger partial charge is 0.492 e. The van der Waals surface area contributed by atoms with Crippen molar-refractivity contribution < 1.29 is 18.3 Å². The maximum absolute atomic E-state index is 12.7. The molecular weight excluding hydrogens is 287 g/mol. The lowest BCUT2D eigenvalue weighted by molar-refractivity contribution is -0.122. The number of hydrogen-bond acceptors (Lipinski definition) is 4. The molecule has 1 amide bonds. The van der Waals surface area contributed by atoms with Gasteiger partial charge in [-0.15, -0.1) is 0 Å². The summed E-state index contributed by atoms with van der Waals surface area (Å²) in [7, 11) is 1.83. The Morgan fingerprint density at radius 1 is 1.32 bits per heavy atom. The van der Waals surface area contributed by atoms with E-state index in [1.54, 1.807) is 30.5 Å². The Morgan fingerprint density at radius 2 is 2.09 bits per heavy atom. The Balaban J connectivity index is 1.61. The van der Waals surface area contributed by atoms with Crippen LogP contribution in [0, 0.1) is 5.82 Å². The smallest absolute Gasteiger partial charge is 0.234 e. The van der Waals surface area contributed by atoms with E-state index < -0.39 is 0 Å². The first-order chi connectivity index (χ1) is 10.6. The van der Waals surface area contributed by atoms with E-state index >= 15 is 0 Å². The van der Waals surface area contributed by atoms with E-state index in [-0.39, 0.29) is 18.3 Å². The van der Waals surface area contributed by atoms with E-state index in [1.165, 1.54) is 12.1 Å². The van der Waals surface area contributed by atoms with Crippen LogP contribution in [0.1, 0.15) is 5.76 Å². The van der Waals surface area contributed by atoms with Crippen LogP contribution in [0.5, 0.6) is 5.75 Å². The summed E-state index contributed by atoms with van der Waals surface area (Å²) < 4.78 is 23.4. The van der Waals surface area contributed by atoms with Crippen LogP contribution in [0.3, 0.4) is 0 Å². The standard InChI is InChI=1S/C16H19FN2O3/c1-19(8-10-22-14-6-4-13(17)5-7-14)12-16(20)18-11-15-3-2-9-21-15/h2-7,9H,8,10-12H2,1H3,(H,18,20). The van der Waals surface area contributed by atoms with Gasteiger partial charge in [-0.25, -0.2) is 4.39 Å². The van der Waals surface area contributed by atoms with Gasteiger partial charge in [0.25, 0.3) is 0 Å². The molecule has 0 radical (unpaired) electrons. The van der Waals surface area contributed by atoms with Gasteiger partial charge in [-0.05, 0) is 43.4 Å². The Kier molecular flexibility index (Phi) is 5.97. The molecule has 22 heavy (non-hydrogen) atoms. The van der Waals surface area contributed by atoms with E-state index in [9.17, 15) is 9.18 Å². The Hall–Kier alpha value is -2.34. The molecule has 2 rings (SSSR count). The number of carbonyl (C=O) groups excluding carboxylic acids is 1. The van der Waals surface area contributed by atoms with Gasteiger partial charge >= 0.3 is 0 Å². The van der Waals surface area contributed by atoms with Gasteiger partial charge in [0.15, 0.2) is 0 Å². The molecule has 0 fully saturated rings. The summed E-state index contributed by atoms with van der Waals surface area (Å²) in [6.45, 7) is 1.67. The van der Waals surface area contributed by atoms with Crippen molar-refractivity contribution in [2.24, 2.45) is 0 Å². The SMILES string of the molecule is CN(CCOc1ccc(F)cc1)CC(=O)NCc1ccco1. The quantitative estimate of drug-likeness (QED) is 0.811. The maximum Gasteiger partial charge on any atom is 0.234 e. The van der Waals surface area contributed by atoms with E-state index in [0.29, 0.717) is 25.4 Å². The van der Waals surface area contributed by atoms with E-state index in [4.69, 9.17) is 9.15 Å². The number of nitrogens with zero attached hydrogens (tertiary/aromatic N) is 1. The van der Waals surface area contributed by atoms with Crippen molar-refractivity contribution in [3.05, 3.63) is 54.2 Å². The summed E-state index contributed by atoms with van der Waals surface area (Å²) in [6, 6.07) is 9.43. The molecule has 0 bridgehead atoms. The van der Waals surface area contributed by atoms with Crippen LogP contribution in [0.4, 0.5) is 4.39 Å². The van der Waals surface area contributed by atoms with Crippen LogP contribution >= 0.6 is 0 Å². The molecule has 0 spiro atoms. The van der Waals surface area contributed by atoms with Gasteiger partial charge in [-0.1, -0.05) is 0 Å². The summed E-state index contributed by atoms with van der Waals surface area (Å²) >= 11 is 0. The maximum atomic E-state index is 12.7. The van der Waals surface area contributed by atoms with Crippen molar-refractivity contribution in [2.75, 3.05) is 26.7 Å². The molecule has 0 saturated heterocycles. The van der Waals surface area contributed by atoms with E-state index in [2.05, 4.69) is 5.32 Å². The predicted molar refractivity (Wildman–Crippen MR) is 79.9 cm³/mol. The van der Waals surface area contributed by atoms with Crippen LogP contribution < -0.4 is 10.1 Å². The Bertz CT molecular complexity index is 570. The lowest BCUT2D eigenvalue weighted by atomic mass is 10.3. The fourth-order valence-corrected chi connectivity index (χ4v) is 1.83. The third-order valence-corrected chi connectivity index (χ3v) is 3.01. The van der Waals surface area contributed by atoms with Crippen LogP contribution in [-0.4, -0.2) is 37.6 Å². The van der Waals surface area contributed by atoms with Crippen molar-refractivity contribution in [2.45, 2.75) is 6.54 Å². The minimum absolute atomic E-state index is 0.0827. The lowest BCUT2D eigenvalue weighted by Crippen LogP contribution is -2.36. The summed E-state index contributed by atoms with van der Waals surface area (Å²) in [6.07, 6.45) is 1.57. The number of likely N-dealkylation sites (N-methyl/N-ethyl adjacent to an activating group) is 1. The molecule has 2 aromatic rings. The molecule has 0 unspecified atom stereocenters. The number of nitrogens with one attached hydrogen (secondary N) is 1. The summed E-state index contributed by atoms with van der Waals surface area (Å²) in [5.41, 5.74) is 0. The molecule has 1 heterocycles. The zero-order valence-corrected chi connectivity index (χ0v) is 12.4. The normalized spacial score (nSPS) is 10.7. The van der Waals surface area contributed by atoms with Crippen molar-refractivity contribution in [3.63, 3.8) is 0 Å². The van der Waals surface area contributed by atoms with Crippen molar-refractivity contribution >= 4 is 5.91 Å². The van der Waals surface area contributed by atoms with Gasteiger partial charge < -0.3 is 14.5 Å². The monoisotopic (exact) mass is 306 g/mol. The number of carbonyl (C=O) groups is 1. The first kappa shape index (κ1) is 16.0. The minimum Gasteiger partial charge on any atom is -0.492 e. The highest BCUT2D eigenvalue weighted by molar-refractivity contribution is 5.77. The molecule has 1 aromatic heterocycles. The highest BCUT2D eigenvalue weighted by atomic mass is 19.1. The van der Waals surface area contributed by atoms with Gasteiger partial charge in [-0.3, -0.25) is 9.69 Å². The average Bonchev–Trinajstić information content (AvgIpc) is 3.00. The highest BCUT2D eigenvalue weighted by Crippen LogP contribution is 2.10. The van der Waals surface area contributed by atoms with Gasteiger partial charge in [0.1, 0.15) is 23.9 Å². The molecule has 0 aliphatic carbocycles. The zero-order valence-electron chi connectivity index (χ0n) is 12.4. The first-order valence-corrected chi connectivity index (χ1v) is 6.99. The number of rotatable bonds is 8. The molecule has 5 nitrogen and oxygen atoms in total. The molecule has 6 heteroatoms. The number of benzene rings is 1. The van der Waals surface area contributed by atoms with Crippen molar-refractivity contribution in [1.29, 1.82) is 0 Å². The third-order valence-electron chi connectivity index (χ3n) is 3.01. The van der Waals surface area contributed by atoms with Gasteiger partial charge in [0, 0.05) is 6.54 Å². The number of halogens is 1. The molecule has 118 valence electrons. The first-order valence-electron chi connectivity index (χ1n) is 6.99. The van der Waals surface area contributed by atoms with E-state index in [0.717, 1.165) is 5.76 Å².